The molecule has 2 heteroatoms. The predicted molar refractivity (Wildman–Crippen MR) is 91.1 cm³/mol. The lowest BCUT2D eigenvalue weighted by molar-refractivity contribution is -0.166. The molecule has 3 saturated carbocycles. The van der Waals surface area contributed by atoms with Crippen LogP contribution in [0.25, 0.3) is 0 Å². The van der Waals surface area contributed by atoms with Crippen molar-refractivity contribution >= 4 is 0 Å². The van der Waals surface area contributed by atoms with Crippen LogP contribution < -0.4 is 0 Å². The van der Waals surface area contributed by atoms with E-state index >= 15 is 0 Å². The summed E-state index contributed by atoms with van der Waals surface area (Å²) in [6.45, 7) is 6.69. The molecule has 0 aromatic carbocycles. The predicted octanol–water partition coefficient (Wildman–Crippen LogP) is 4.59. The first-order valence-electron chi connectivity index (χ1n) is 10.1. The van der Waals surface area contributed by atoms with Gasteiger partial charge < -0.3 is 9.47 Å². The monoisotopic (exact) mass is 316 g/mol. The van der Waals surface area contributed by atoms with E-state index in [-0.39, 0.29) is 0 Å². The van der Waals surface area contributed by atoms with Crippen LogP contribution in [0.5, 0.6) is 0 Å². The van der Waals surface area contributed by atoms with Crippen molar-refractivity contribution in [2.24, 2.45) is 35.0 Å². The molecule has 1 aliphatic heterocycles. The Labute approximate surface area is 141 Å². The van der Waals surface area contributed by atoms with Gasteiger partial charge in [-0.2, -0.15) is 0 Å². The minimum atomic E-state index is 0.371. The molecular weight excluding hydrogens is 284 g/mol. The van der Waals surface area contributed by atoms with Crippen LogP contribution in [0.3, 0.4) is 0 Å². The van der Waals surface area contributed by atoms with Crippen LogP contribution in [0.4, 0.5) is 0 Å². The zero-order chi connectivity index (χ0) is 15.6. The normalized spacial score (nSPS) is 55.2. The highest BCUT2D eigenvalue weighted by Crippen LogP contribution is 2.64. The molecule has 0 amide bonds. The van der Waals surface area contributed by atoms with Gasteiger partial charge in [-0.15, -0.1) is 0 Å². The lowest BCUT2D eigenvalue weighted by atomic mass is 9.49. The fourth-order valence-electron chi connectivity index (χ4n) is 7.48. The maximum Gasteiger partial charge on any atom is 0.0894 e. The zero-order valence-corrected chi connectivity index (χ0v) is 14.8. The highest BCUT2D eigenvalue weighted by Gasteiger charge is 2.61. The summed E-state index contributed by atoms with van der Waals surface area (Å²) < 4.78 is 12.4. The second-order valence-corrected chi connectivity index (χ2v) is 9.33. The first-order chi connectivity index (χ1) is 11.2. The quantitative estimate of drug-likeness (QED) is 0.609. The van der Waals surface area contributed by atoms with Crippen LogP contribution in [-0.4, -0.2) is 25.4 Å². The molecule has 0 spiro atoms. The summed E-state index contributed by atoms with van der Waals surface area (Å²) in [7, 11) is 0. The van der Waals surface area contributed by atoms with Crippen molar-refractivity contribution in [2.75, 3.05) is 13.2 Å². The first-order valence-corrected chi connectivity index (χ1v) is 10.1. The molecule has 0 bridgehead atoms. The average Bonchev–Trinajstić information content (AvgIpc) is 2.87. The van der Waals surface area contributed by atoms with Crippen molar-refractivity contribution in [3.05, 3.63) is 11.6 Å². The van der Waals surface area contributed by atoms with Gasteiger partial charge >= 0.3 is 0 Å². The molecule has 2 nitrogen and oxygen atoms in total. The minimum absolute atomic E-state index is 0.371. The van der Waals surface area contributed by atoms with E-state index in [1.54, 1.807) is 0 Å². The van der Waals surface area contributed by atoms with Gasteiger partial charge in [-0.25, -0.2) is 0 Å². The lowest BCUT2D eigenvalue weighted by Crippen LogP contribution is -2.51. The van der Waals surface area contributed by atoms with Gasteiger partial charge in [-0.05, 0) is 80.0 Å². The first kappa shape index (κ1) is 15.0. The molecule has 4 aliphatic carbocycles. The third-order valence-corrected chi connectivity index (χ3v) is 8.34. The number of hydrogen-bond acceptors (Lipinski definition) is 2. The van der Waals surface area contributed by atoms with Gasteiger partial charge in [0.25, 0.3) is 0 Å². The van der Waals surface area contributed by atoms with Gasteiger partial charge in [-0.1, -0.05) is 25.5 Å². The highest BCUT2D eigenvalue weighted by molar-refractivity contribution is 5.20. The van der Waals surface area contributed by atoms with E-state index in [9.17, 15) is 0 Å². The van der Waals surface area contributed by atoms with Crippen LogP contribution >= 0.6 is 0 Å². The van der Waals surface area contributed by atoms with Gasteiger partial charge in [0.05, 0.1) is 25.4 Å². The maximum atomic E-state index is 6.26. The fraction of sp³-hybridized carbons (Fsp3) is 0.905. The van der Waals surface area contributed by atoms with Crippen molar-refractivity contribution in [2.45, 2.75) is 71.0 Å². The SMILES string of the molecule is CC1CC2=CCCC[C@@H]2[C@H]2CC[C@]3(C)C4OCCOC4C[C@H]3[C@H]12. The Morgan fingerprint density at radius 1 is 1.17 bits per heavy atom. The molecule has 128 valence electrons. The van der Waals surface area contributed by atoms with E-state index in [4.69, 9.17) is 9.47 Å². The molecule has 8 atom stereocenters. The van der Waals surface area contributed by atoms with Crippen molar-refractivity contribution < 1.29 is 9.47 Å². The Morgan fingerprint density at radius 3 is 2.96 bits per heavy atom. The number of fused-ring (bicyclic) bond motifs is 7. The van der Waals surface area contributed by atoms with Gasteiger partial charge in [0.15, 0.2) is 0 Å². The van der Waals surface area contributed by atoms with E-state index in [0.29, 0.717) is 17.6 Å². The molecule has 0 aromatic heterocycles. The van der Waals surface area contributed by atoms with E-state index in [2.05, 4.69) is 19.9 Å². The molecular formula is C21H32O2. The molecule has 4 fully saturated rings. The molecule has 1 saturated heterocycles. The Kier molecular flexibility index (Phi) is 3.46. The molecule has 0 aromatic rings. The minimum Gasteiger partial charge on any atom is -0.373 e. The topological polar surface area (TPSA) is 18.5 Å². The number of ether oxygens (including phenoxy) is 2. The third kappa shape index (κ3) is 2.07. The van der Waals surface area contributed by atoms with E-state index in [1.165, 1.54) is 44.9 Å². The summed E-state index contributed by atoms with van der Waals surface area (Å²) in [6, 6.07) is 0. The number of rotatable bonds is 0. The van der Waals surface area contributed by atoms with Crippen LogP contribution in [0.15, 0.2) is 11.6 Å². The molecule has 5 aliphatic rings. The summed E-state index contributed by atoms with van der Waals surface area (Å²) in [5.41, 5.74) is 2.20. The summed E-state index contributed by atoms with van der Waals surface area (Å²) in [4.78, 5) is 0. The zero-order valence-electron chi connectivity index (χ0n) is 14.8. The maximum absolute atomic E-state index is 6.26. The molecule has 0 N–H and O–H groups in total. The molecule has 5 rings (SSSR count). The van der Waals surface area contributed by atoms with E-state index in [1.807, 2.05) is 5.57 Å². The lowest BCUT2D eigenvalue weighted by Gasteiger charge is -2.56. The van der Waals surface area contributed by atoms with Gasteiger partial charge in [0.1, 0.15) is 0 Å². The highest BCUT2D eigenvalue weighted by atomic mass is 16.6. The summed E-state index contributed by atoms with van der Waals surface area (Å²) in [5, 5.41) is 0. The summed E-state index contributed by atoms with van der Waals surface area (Å²) in [6.07, 6.45) is 13.0. The van der Waals surface area contributed by atoms with E-state index in [0.717, 1.165) is 42.8 Å². The largest absolute Gasteiger partial charge is 0.373 e. The van der Waals surface area contributed by atoms with Crippen LogP contribution in [0.2, 0.25) is 0 Å². The number of hydrogen-bond donors (Lipinski definition) is 0. The van der Waals surface area contributed by atoms with Crippen molar-refractivity contribution in [1.29, 1.82) is 0 Å². The average molecular weight is 316 g/mol. The van der Waals surface area contributed by atoms with Crippen LogP contribution in [-0.2, 0) is 9.47 Å². The standard InChI is InChI=1S/C21H32O2/c1-13-11-14-5-3-4-6-15(14)16-7-8-21(2)17(19(13)16)12-18-20(21)23-10-9-22-18/h5,13,15-20H,3-4,6-12H2,1-2H3/t13?,15-,16+,17-,18?,19+,20?,21-/m0/s1. The summed E-state index contributed by atoms with van der Waals surface area (Å²) >= 11 is 0. The van der Waals surface area contributed by atoms with Crippen molar-refractivity contribution in [3.8, 4) is 0 Å². The second-order valence-electron chi connectivity index (χ2n) is 9.33. The molecule has 3 unspecified atom stereocenters. The van der Waals surface area contributed by atoms with Crippen LogP contribution in [0, 0.1) is 35.0 Å². The van der Waals surface area contributed by atoms with Gasteiger partial charge in [0, 0.05) is 0 Å². The Balaban J connectivity index is 1.49. The Morgan fingerprint density at radius 2 is 2.04 bits per heavy atom. The second kappa shape index (κ2) is 5.33. The molecule has 0 radical (unpaired) electrons. The molecule has 23 heavy (non-hydrogen) atoms. The van der Waals surface area contributed by atoms with Gasteiger partial charge in [-0.3, -0.25) is 0 Å². The van der Waals surface area contributed by atoms with Crippen molar-refractivity contribution in [1.82, 2.24) is 0 Å². The van der Waals surface area contributed by atoms with Gasteiger partial charge in [0.2, 0.25) is 0 Å². The summed E-state index contributed by atoms with van der Waals surface area (Å²) in [5.74, 6) is 4.45. The van der Waals surface area contributed by atoms with E-state index < -0.39 is 0 Å². The third-order valence-electron chi connectivity index (χ3n) is 8.34. The van der Waals surface area contributed by atoms with Crippen LogP contribution in [0.1, 0.15) is 58.8 Å². The smallest absolute Gasteiger partial charge is 0.0894 e. The number of allylic oxidation sites excluding steroid dienone is 2. The Bertz CT molecular complexity index is 512. The Hall–Kier alpha value is -0.340. The van der Waals surface area contributed by atoms with Crippen molar-refractivity contribution in [3.63, 3.8) is 0 Å². The molecule has 1 heterocycles. The fourth-order valence-corrected chi connectivity index (χ4v) is 7.48.